The van der Waals surface area contributed by atoms with Crippen LogP contribution in [-0.2, 0) is 9.53 Å². The number of benzene rings is 2. The fourth-order valence-electron chi connectivity index (χ4n) is 2.72. The molecule has 0 aliphatic carbocycles. The van der Waals surface area contributed by atoms with E-state index in [1.807, 2.05) is 0 Å². The molecule has 0 radical (unpaired) electrons. The van der Waals surface area contributed by atoms with Crippen molar-refractivity contribution < 1.29 is 19.1 Å². The number of hydrogen-bond acceptors (Lipinski definition) is 4. The van der Waals surface area contributed by atoms with Gasteiger partial charge in [0.25, 0.3) is 0 Å². The Kier molecular flexibility index (Phi) is 5.59. The number of nitrogens with zero attached hydrogens (tertiary/aromatic N) is 1. The third-order valence-electron chi connectivity index (χ3n) is 4.04. The van der Waals surface area contributed by atoms with Gasteiger partial charge in [-0.1, -0.05) is 35.3 Å². The Labute approximate surface area is 160 Å². The second kappa shape index (κ2) is 7.89. The number of Topliss-reactive ketones (excluding diaryl/α,β-unsaturated/α-hetero) is 1. The maximum atomic E-state index is 12.3. The zero-order chi connectivity index (χ0) is 18.7. The predicted octanol–water partition coefficient (Wildman–Crippen LogP) is 4.16. The van der Waals surface area contributed by atoms with Crippen molar-refractivity contribution in [3.63, 3.8) is 0 Å². The maximum Gasteiger partial charge on any atom is 0.340 e. The lowest BCUT2D eigenvalue weighted by Crippen LogP contribution is -2.24. The summed E-state index contributed by atoms with van der Waals surface area (Å²) in [6.07, 6.45) is 1.31. The first kappa shape index (κ1) is 18.4. The number of ether oxygens (including phenoxy) is 1. The van der Waals surface area contributed by atoms with E-state index in [1.165, 1.54) is 18.2 Å². The summed E-state index contributed by atoms with van der Waals surface area (Å²) in [6, 6.07) is 11.1. The van der Waals surface area contributed by atoms with Crippen molar-refractivity contribution in [2.45, 2.75) is 12.8 Å². The molecule has 0 N–H and O–H groups in total. The summed E-state index contributed by atoms with van der Waals surface area (Å²) in [5.41, 5.74) is 1.18. The molecule has 0 atom stereocenters. The Morgan fingerprint density at radius 1 is 1.12 bits per heavy atom. The standard InChI is InChI=1S/C19H15Cl2NO4/c20-13-6-7-15(16(21)10-13)19(25)26-11-17(23)12-3-1-4-14(9-12)22-8-2-5-18(22)24/h1,3-4,6-7,9-10H,2,5,8,11H2. The van der Waals surface area contributed by atoms with Crippen LogP contribution in [0.5, 0.6) is 0 Å². The molecule has 0 bridgehead atoms. The van der Waals surface area contributed by atoms with Crippen LogP contribution in [0.15, 0.2) is 42.5 Å². The van der Waals surface area contributed by atoms with E-state index in [0.29, 0.717) is 29.2 Å². The summed E-state index contributed by atoms with van der Waals surface area (Å²) in [7, 11) is 0. The highest BCUT2D eigenvalue weighted by Gasteiger charge is 2.22. The monoisotopic (exact) mass is 391 g/mol. The lowest BCUT2D eigenvalue weighted by molar-refractivity contribution is -0.117. The zero-order valence-electron chi connectivity index (χ0n) is 13.7. The highest BCUT2D eigenvalue weighted by molar-refractivity contribution is 6.36. The van der Waals surface area contributed by atoms with Crippen LogP contribution in [0, 0.1) is 0 Å². The Balaban J connectivity index is 1.66. The van der Waals surface area contributed by atoms with Crippen molar-refractivity contribution >= 4 is 46.5 Å². The number of hydrogen-bond donors (Lipinski definition) is 0. The van der Waals surface area contributed by atoms with Gasteiger partial charge in [0.15, 0.2) is 12.4 Å². The van der Waals surface area contributed by atoms with Crippen LogP contribution in [0.25, 0.3) is 0 Å². The van der Waals surface area contributed by atoms with Gasteiger partial charge in [0, 0.05) is 29.2 Å². The maximum absolute atomic E-state index is 12.3. The van der Waals surface area contributed by atoms with Gasteiger partial charge in [-0.25, -0.2) is 4.79 Å². The van der Waals surface area contributed by atoms with Crippen LogP contribution in [0.2, 0.25) is 10.0 Å². The minimum Gasteiger partial charge on any atom is -0.454 e. The molecule has 1 fully saturated rings. The highest BCUT2D eigenvalue weighted by Crippen LogP contribution is 2.23. The Morgan fingerprint density at radius 3 is 2.62 bits per heavy atom. The van der Waals surface area contributed by atoms with E-state index in [-0.39, 0.29) is 22.3 Å². The average Bonchev–Trinajstić information content (AvgIpc) is 3.05. The summed E-state index contributed by atoms with van der Waals surface area (Å²) in [4.78, 5) is 37.9. The van der Waals surface area contributed by atoms with Gasteiger partial charge in [-0.2, -0.15) is 0 Å². The predicted molar refractivity (Wildman–Crippen MR) is 99.1 cm³/mol. The minimum absolute atomic E-state index is 0.0402. The normalized spacial score (nSPS) is 13.8. The van der Waals surface area contributed by atoms with E-state index in [0.717, 1.165) is 6.42 Å². The number of amides is 1. The smallest absolute Gasteiger partial charge is 0.340 e. The minimum atomic E-state index is -0.703. The molecule has 3 rings (SSSR count). The van der Waals surface area contributed by atoms with Crippen molar-refractivity contribution in [2.24, 2.45) is 0 Å². The lowest BCUT2D eigenvalue weighted by Gasteiger charge is -2.16. The third kappa shape index (κ3) is 4.06. The molecule has 0 saturated carbocycles. The summed E-state index contributed by atoms with van der Waals surface area (Å²) >= 11 is 11.7. The van der Waals surface area contributed by atoms with E-state index in [9.17, 15) is 14.4 Å². The van der Waals surface area contributed by atoms with Crippen molar-refractivity contribution in [3.8, 4) is 0 Å². The van der Waals surface area contributed by atoms with Crippen LogP contribution < -0.4 is 4.90 Å². The summed E-state index contributed by atoms with van der Waals surface area (Å²) in [6.45, 7) is 0.218. The lowest BCUT2D eigenvalue weighted by atomic mass is 10.1. The SMILES string of the molecule is O=C(COC(=O)c1ccc(Cl)cc1Cl)c1cccc(N2CCCC2=O)c1. The molecule has 0 unspecified atom stereocenters. The molecular weight excluding hydrogens is 377 g/mol. The number of carbonyl (C=O) groups excluding carboxylic acids is 3. The van der Waals surface area contributed by atoms with Crippen molar-refractivity contribution in [1.82, 2.24) is 0 Å². The number of esters is 1. The van der Waals surface area contributed by atoms with Gasteiger partial charge >= 0.3 is 5.97 Å². The van der Waals surface area contributed by atoms with Gasteiger partial charge in [0.05, 0.1) is 10.6 Å². The van der Waals surface area contributed by atoms with Gasteiger partial charge in [-0.05, 0) is 36.8 Å². The topological polar surface area (TPSA) is 63.7 Å². The van der Waals surface area contributed by atoms with Crippen molar-refractivity contribution in [3.05, 3.63) is 63.6 Å². The first-order valence-corrected chi connectivity index (χ1v) is 8.77. The van der Waals surface area contributed by atoms with Gasteiger partial charge in [0.1, 0.15) is 0 Å². The molecular formula is C19H15Cl2NO4. The molecule has 1 heterocycles. The first-order chi connectivity index (χ1) is 12.5. The quantitative estimate of drug-likeness (QED) is 0.566. The second-order valence-corrected chi connectivity index (χ2v) is 6.67. The fraction of sp³-hybridized carbons (Fsp3) is 0.211. The highest BCUT2D eigenvalue weighted by atomic mass is 35.5. The van der Waals surface area contributed by atoms with E-state index in [4.69, 9.17) is 27.9 Å². The first-order valence-electron chi connectivity index (χ1n) is 8.01. The number of carbonyl (C=O) groups is 3. The molecule has 7 heteroatoms. The number of rotatable bonds is 5. The van der Waals surface area contributed by atoms with Crippen molar-refractivity contribution in [2.75, 3.05) is 18.1 Å². The Bertz CT molecular complexity index is 882. The van der Waals surface area contributed by atoms with Gasteiger partial charge in [0.2, 0.25) is 5.91 Å². The summed E-state index contributed by atoms with van der Waals surface area (Å²) < 4.78 is 5.05. The molecule has 1 saturated heterocycles. The summed E-state index contributed by atoms with van der Waals surface area (Å²) in [5.74, 6) is -1.03. The molecule has 1 aliphatic rings. The second-order valence-electron chi connectivity index (χ2n) is 5.82. The Hall–Kier alpha value is -2.37. The zero-order valence-corrected chi connectivity index (χ0v) is 15.2. The third-order valence-corrected chi connectivity index (χ3v) is 4.59. The van der Waals surface area contributed by atoms with E-state index >= 15 is 0 Å². The van der Waals surface area contributed by atoms with Crippen LogP contribution >= 0.6 is 23.2 Å². The largest absolute Gasteiger partial charge is 0.454 e. The molecule has 1 amide bonds. The average molecular weight is 392 g/mol. The molecule has 134 valence electrons. The van der Waals surface area contributed by atoms with Gasteiger partial charge in [-0.15, -0.1) is 0 Å². The van der Waals surface area contributed by atoms with E-state index in [1.54, 1.807) is 29.2 Å². The molecule has 26 heavy (non-hydrogen) atoms. The van der Waals surface area contributed by atoms with Crippen LogP contribution in [0.4, 0.5) is 5.69 Å². The van der Waals surface area contributed by atoms with Crippen LogP contribution in [0.1, 0.15) is 33.6 Å². The van der Waals surface area contributed by atoms with E-state index < -0.39 is 12.6 Å². The molecule has 1 aliphatic heterocycles. The van der Waals surface area contributed by atoms with Gasteiger partial charge in [-0.3, -0.25) is 9.59 Å². The summed E-state index contributed by atoms with van der Waals surface area (Å²) in [5, 5.41) is 0.556. The molecule has 0 spiro atoms. The molecule has 2 aromatic carbocycles. The Morgan fingerprint density at radius 2 is 1.92 bits per heavy atom. The van der Waals surface area contributed by atoms with E-state index in [2.05, 4.69) is 0 Å². The molecule has 5 nitrogen and oxygen atoms in total. The van der Waals surface area contributed by atoms with Crippen molar-refractivity contribution in [1.29, 1.82) is 0 Å². The number of halogens is 2. The van der Waals surface area contributed by atoms with Crippen LogP contribution in [-0.4, -0.2) is 30.8 Å². The number of ketones is 1. The molecule has 0 aromatic heterocycles. The van der Waals surface area contributed by atoms with Crippen LogP contribution in [0.3, 0.4) is 0 Å². The molecule has 2 aromatic rings. The fourth-order valence-corrected chi connectivity index (χ4v) is 3.20. The van der Waals surface area contributed by atoms with Gasteiger partial charge < -0.3 is 9.64 Å². The number of anilines is 1.